The molecule has 0 radical (unpaired) electrons. The van der Waals surface area contributed by atoms with Crippen molar-refractivity contribution in [3.8, 4) is 0 Å². The Bertz CT molecular complexity index is 392. The third kappa shape index (κ3) is 2.48. The van der Waals surface area contributed by atoms with E-state index < -0.39 is 0 Å². The van der Waals surface area contributed by atoms with Crippen LogP contribution in [-0.2, 0) is 11.3 Å². The quantitative estimate of drug-likeness (QED) is 0.862. The first-order valence-electron chi connectivity index (χ1n) is 6.08. The lowest BCUT2D eigenvalue weighted by atomic mass is 9.64. The van der Waals surface area contributed by atoms with Crippen LogP contribution in [0.2, 0.25) is 0 Å². The van der Waals surface area contributed by atoms with E-state index in [-0.39, 0.29) is 5.41 Å². The van der Waals surface area contributed by atoms with Crippen LogP contribution in [0.5, 0.6) is 0 Å². The maximum Gasteiger partial charge on any atom is 0.125 e. The van der Waals surface area contributed by atoms with Gasteiger partial charge in [-0.2, -0.15) is 0 Å². The summed E-state index contributed by atoms with van der Waals surface area (Å²) in [6, 6.07) is 2.46. The summed E-state index contributed by atoms with van der Waals surface area (Å²) in [5.74, 6) is 0.826. The Morgan fingerprint density at radius 2 is 2.29 bits per heavy atom. The zero-order valence-corrected chi connectivity index (χ0v) is 11.0. The van der Waals surface area contributed by atoms with Gasteiger partial charge in [0.15, 0.2) is 0 Å². The van der Waals surface area contributed by atoms with E-state index in [1.54, 1.807) is 7.11 Å². The molecule has 1 aliphatic rings. The van der Waals surface area contributed by atoms with Gasteiger partial charge in [0.05, 0.1) is 11.8 Å². The molecule has 0 aliphatic heterocycles. The van der Waals surface area contributed by atoms with Crippen LogP contribution in [0, 0.1) is 12.3 Å². The fourth-order valence-corrected chi connectivity index (χ4v) is 2.46. The molecule has 1 saturated carbocycles. The van der Waals surface area contributed by atoms with Crippen molar-refractivity contribution in [1.82, 2.24) is 15.3 Å². The van der Waals surface area contributed by atoms with Crippen LogP contribution < -0.4 is 5.32 Å². The molecule has 0 bridgehead atoms. The van der Waals surface area contributed by atoms with Gasteiger partial charge in [-0.25, -0.2) is 9.97 Å². The van der Waals surface area contributed by atoms with Crippen LogP contribution in [0.3, 0.4) is 0 Å². The Hall–Kier alpha value is -1.00. The second-order valence-corrected chi connectivity index (χ2v) is 5.31. The molecule has 94 valence electrons. The SMILES string of the molecule is COC1CC(NCc2ccnc(C)n2)C1(C)C. The number of hydrogen-bond donors (Lipinski definition) is 1. The summed E-state index contributed by atoms with van der Waals surface area (Å²) in [7, 11) is 1.79. The topological polar surface area (TPSA) is 47.0 Å². The summed E-state index contributed by atoms with van der Waals surface area (Å²) in [5.41, 5.74) is 1.26. The van der Waals surface area contributed by atoms with Gasteiger partial charge >= 0.3 is 0 Å². The molecule has 0 aromatic carbocycles. The number of methoxy groups -OCH3 is 1. The second kappa shape index (κ2) is 4.70. The molecule has 1 heterocycles. The minimum atomic E-state index is 0.205. The number of nitrogens with zero attached hydrogens (tertiary/aromatic N) is 2. The van der Waals surface area contributed by atoms with Crippen LogP contribution in [0.15, 0.2) is 12.3 Å². The molecule has 0 amide bonds. The molecule has 0 spiro atoms. The number of nitrogens with one attached hydrogen (secondary N) is 1. The normalized spacial score (nSPS) is 26.6. The van der Waals surface area contributed by atoms with Crippen molar-refractivity contribution in [2.45, 2.75) is 45.9 Å². The highest BCUT2D eigenvalue weighted by Gasteiger charge is 2.48. The molecule has 2 atom stereocenters. The van der Waals surface area contributed by atoms with E-state index in [0.717, 1.165) is 24.5 Å². The fourth-order valence-electron chi connectivity index (χ4n) is 2.46. The van der Waals surface area contributed by atoms with Gasteiger partial charge in [-0.1, -0.05) is 13.8 Å². The Morgan fingerprint density at radius 1 is 1.53 bits per heavy atom. The summed E-state index contributed by atoms with van der Waals surface area (Å²) in [5, 5.41) is 3.55. The monoisotopic (exact) mass is 235 g/mol. The van der Waals surface area contributed by atoms with Crippen molar-refractivity contribution < 1.29 is 4.74 Å². The highest BCUT2D eigenvalue weighted by atomic mass is 16.5. The predicted molar refractivity (Wildman–Crippen MR) is 66.6 cm³/mol. The largest absolute Gasteiger partial charge is 0.381 e. The summed E-state index contributed by atoms with van der Waals surface area (Å²) < 4.78 is 5.44. The van der Waals surface area contributed by atoms with Crippen molar-refractivity contribution in [3.63, 3.8) is 0 Å². The average molecular weight is 235 g/mol. The summed E-state index contributed by atoms with van der Waals surface area (Å²) in [4.78, 5) is 8.48. The Balaban J connectivity index is 1.88. The van der Waals surface area contributed by atoms with Gasteiger partial charge in [0.1, 0.15) is 5.82 Å². The van der Waals surface area contributed by atoms with E-state index in [0.29, 0.717) is 12.1 Å². The zero-order chi connectivity index (χ0) is 12.5. The van der Waals surface area contributed by atoms with Crippen LogP contribution in [0.25, 0.3) is 0 Å². The number of ether oxygens (including phenoxy) is 1. The molecule has 17 heavy (non-hydrogen) atoms. The van der Waals surface area contributed by atoms with E-state index in [1.807, 2.05) is 19.2 Å². The number of aryl methyl sites for hydroxylation is 1. The summed E-state index contributed by atoms with van der Waals surface area (Å²) in [6.45, 7) is 7.20. The van der Waals surface area contributed by atoms with E-state index >= 15 is 0 Å². The average Bonchev–Trinajstić information content (AvgIpc) is 2.28. The molecule has 1 N–H and O–H groups in total. The fraction of sp³-hybridized carbons (Fsp3) is 0.692. The Kier molecular flexibility index (Phi) is 3.45. The van der Waals surface area contributed by atoms with Gasteiger partial charge in [-0.3, -0.25) is 0 Å². The lowest BCUT2D eigenvalue weighted by Gasteiger charge is -2.51. The third-order valence-corrected chi connectivity index (χ3v) is 3.83. The lowest BCUT2D eigenvalue weighted by Crippen LogP contribution is -2.60. The predicted octanol–water partition coefficient (Wildman–Crippen LogP) is 1.69. The van der Waals surface area contributed by atoms with Crippen molar-refractivity contribution in [2.24, 2.45) is 5.41 Å². The maximum atomic E-state index is 5.44. The first kappa shape index (κ1) is 12.5. The molecular weight excluding hydrogens is 214 g/mol. The molecule has 1 aliphatic carbocycles. The van der Waals surface area contributed by atoms with E-state index in [1.165, 1.54) is 0 Å². The molecule has 4 nitrogen and oxygen atoms in total. The highest BCUT2D eigenvalue weighted by Crippen LogP contribution is 2.42. The number of rotatable bonds is 4. The Labute approximate surface area is 103 Å². The molecule has 2 unspecified atom stereocenters. The van der Waals surface area contributed by atoms with Crippen molar-refractivity contribution in [2.75, 3.05) is 7.11 Å². The van der Waals surface area contributed by atoms with Gasteiger partial charge in [-0.15, -0.1) is 0 Å². The van der Waals surface area contributed by atoms with E-state index in [4.69, 9.17) is 4.74 Å². The van der Waals surface area contributed by atoms with Gasteiger partial charge < -0.3 is 10.1 Å². The molecular formula is C13H21N3O. The minimum Gasteiger partial charge on any atom is -0.381 e. The number of aromatic nitrogens is 2. The highest BCUT2D eigenvalue weighted by molar-refractivity contribution is 5.06. The van der Waals surface area contributed by atoms with E-state index in [9.17, 15) is 0 Å². The van der Waals surface area contributed by atoms with Crippen LogP contribution in [-0.4, -0.2) is 29.2 Å². The molecule has 0 saturated heterocycles. The van der Waals surface area contributed by atoms with Gasteiger partial charge in [0, 0.05) is 31.3 Å². The minimum absolute atomic E-state index is 0.205. The van der Waals surface area contributed by atoms with Gasteiger partial charge in [0.25, 0.3) is 0 Å². The standard InChI is InChI=1S/C13H21N3O/c1-9-14-6-5-10(16-9)8-15-11-7-12(17-4)13(11,2)3/h5-6,11-12,15H,7-8H2,1-4H3. The van der Waals surface area contributed by atoms with Crippen molar-refractivity contribution >= 4 is 0 Å². The molecule has 1 aromatic heterocycles. The van der Waals surface area contributed by atoms with Gasteiger partial charge in [-0.05, 0) is 19.4 Å². The molecule has 1 aromatic rings. The maximum absolute atomic E-state index is 5.44. The van der Waals surface area contributed by atoms with E-state index in [2.05, 4.69) is 29.1 Å². The first-order chi connectivity index (χ1) is 8.04. The zero-order valence-electron chi connectivity index (χ0n) is 11.0. The summed E-state index contributed by atoms with van der Waals surface area (Å²) >= 11 is 0. The van der Waals surface area contributed by atoms with Gasteiger partial charge in [0.2, 0.25) is 0 Å². The van der Waals surface area contributed by atoms with Crippen molar-refractivity contribution in [3.05, 3.63) is 23.8 Å². The van der Waals surface area contributed by atoms with Crippen LogP contribution in [0.1, 0.15) is 31.8 Å². The number of hydrogen-bond acceptors (Lipinski definition) is 4. The Morgan fingerprint density at radius 3 is 2.88 bits per heavy atom. The molecule has 4 heteroatoms. The molecule has 2 rings (SSSR count). The third-order valence-electron chi connectivity index (χ3n) is 3.83. The van der Waals surface area contributed by atoms with Crippen LogP contribution >= 0.6 is 0 Å². The summed E-state index contributed by atoms with van der Waals surface area (Å²) in [6.07, 6.45) is 3.25. The van der Waals surface area contributed by atoms with Crippen molar-refractivity contribution in [1.29, 1.82) is 0 Å². The first-order valence-corrected chi connectivity index (χ1v) is 6.08. The second-order valence-electron chi connectivity index (χ2n) is 5.31. The van der Waals surface area contributed by atoms with Crippen LogP contribution in [0.4, 0.5) is 0 Å². The molecule has 1 fully saturated rings. The smallest absolute Gasteiger partial charge is 0.125 e. The lowest BCUT2D eigenvalue weighted by molar-refractivity contribution is -0.0979.